The van der Waals surface area contributed by atoms with E-state index >= 15 is 4.79 Å². The van der Waals surface area contributed by atoms with Crippen molar-refractivity contribution in [3.05, 3.63) is 183 Å². The van der Waals surface area contributed by atoms with Gasteiger partial charge in [-0.1, -0.05) is 161 Å². The Bertz CT molecular complexity index is 3100. The lowest BCUT2D eigenvalue weighted by Crippen LogP contribution is -2.51. The quantitative estimate of drug-likeness (QED) is 0.0473. The molecule has 0 saturated heterocycles. The van der Waals surface area contributed by atoms with Crippen molar-refractivity contribution in [2.24, 2.45) is 4.99 Å². The lowest BCUT2D eigenvalue weighted by atomic mass is 10.0. The summed E-state index contributed by atoms with van der Waals surface area (Å²) in [4.78, 5) is 49.5. The van der Waals surface area contributed by atoms with Crippen molar-refractivity contribution in [3.8, 4) is 11.4 Å². The Labute approximate surface area is 406 Å². The zero-order valence-corrected chi connectivity index (χ0v) is 40.1. The zero-order valence-electron chi connectivity index (χ0n) is 38.5. The highest BCUT2D eigenvalue weighted by Crippen LogP contribution is 2.39. The summed E-state index contributed by atoms with van der Waals surface area (Å²) < 4.78 is 44.9. The number of ether oxygens (including phenoxy) is 1. The molecular formula is C53H56ClN7O7S. The molecule has 2 N–H and O–H groups in total. The molecule has 0 spiro atoms. The zero-order chi connectivity index (χ0) is 48.2. The molecule has 69 heavy (non-hydrogen) atoms. The monoisotopic (exact) mass is 969 g/mol. The predicted octanol–water partition coefficient (Wildman–Crippen LogP) is 11.1. The second-order valence-electron chi connectivity index (χ2n) is 16.9. The number of furan rings is 1. The first-order chi connectivity index (χ1) is 33.7. The number of amidine groups is 1. The number of hydrogen-bond acceptors (Lipinski definition) is 9. The van der Waals surface area contributed by atoms with Crippen molar-refractivity contribution in [1.29, 1.82) is 0 Å². The number of fused-ring (bicyclic) bond motifs is 1. The molecule has 1 atom stereocenters. The fraction of sp³-hybridized carbons (Fsp3) is 0.283. The lowest BCUT2D eigenvalue weighted by molar-refractivity contribution is -0.117. The molecule has 14 nitrogen and oxygen atoms in total. The third kappa shape index (κ3) is 11.3. The van der Waals surface area contributed by atoms with Gasteiger partial charge in [-0.05, 0) is 78.6 Å². The van der Waals surface area contributed by atoms with Crippen LogP contribution in [0.15, 0.2) is 170 Å². The van der Waals surface area contributed by atoms with Crippen molar-refractivity contribution < 1.29 is 22.4 Å². The highest BCUT2D eigenvalue weighted by molar-refractivity contribution is 7.93. The van der Waals surface area contributed by atoms with E-state index < -0.39 is 39.2 Å². The van der Waals surface area contributed by atoms with E-state index in [2.05, 4.69) is 28.6 Å². The second kappa shape index (κ2) is 22.8. The Kier molecular flexibility index (Phi) is 16.0. The number of para-hydroxylation sites is 3. The van der Waals surface area contributed by atoms with Crippen molar-refractivity contribution in [2.75, 3.05) is 21.7 Å². The summed E-state index contributed by atoms with van der Waals surface area (Å²) >= 11 is 6.76. The van der Waals surface area contributed by atoms with Gasteiger partial charge in [-0.25, -0.2) is 31.6 Å². The second-order valence-corrected chi connectivity index (χ2v) is 19.0. The minimum atomic E-state index is -4.55. The molecule has 3 heterocycles. The van der Waals surface area contributed by atoms with Gasteiger partial charge in [0.15, 0.2) is 23.5 Å². The van der Waals surface area contributed by atoms with Crippen LogP contribution in [0.1, 0.15) is 88.3 Å². The van der Waals surface area contributed by atoms with E-state index in [1.165, 1.54) is 74.2 Å². The number of carbonyl (C=O) groups is 1. The summed E-state index contributed by atoms with van der Waals surface area (Å²) in [6, 6.07) is 37.6. The molecule has 5 aromatic carbocycles. The number of hydrogen-bond donors (Lipinski definition) is 2. The highest BCUT2D eigenvalue weighted by atomic mass is 35.5. The van der Waals surface area contributed by atoms with E-state index in [1.54, 1.807) is 91.0 Å². The maximum absolute atomic E-state index is 15.2. The van der Waals surface area contributed by atoms with Gasteiger partial charge >= 0.3 is 11.4 Å². The average Bonchev–Trinajstić information content (AvgIpc) is 3.94. The summed E-state index contributed by atoms with van der Waals surface area (Å²) in [5, 5.41) is 6.17. The van der Waals surface area contributed by atoms with Crippen LogP contribution in [0.25, 0.3) is 5.69 Å². The van der Waals surface area contributed by atoms with Gasteiger partial charge in [-0.3, -0.25) is 4.79 Å². The van der Waals surface area contributed by atoms with Gasteiger partial charge in [0.25, 0.3) is 15.9 Å². The molecule has 8 rings (SSSR count). The van der Waals surface area contributed by atoms with Gasteiger partial charge in [-0.2, -0.15) is 9.67 Å². The van der Waals surface area contributed by atoms with Crippen molar-refractivity contribution in [2.45, 2.75) is 95.0 Å². The number of aliphatic imine (C=N–C) groups is 1. The number of rotatable bonds is 23. The van der Waals surface area contributed by atoms with E-state index in [0.717, 1.165) is 45.8 Å². The van der Waals surface area contributed by atoms with Crippen LogP contribution in [0.5, 0.6) is 5.75 Å². The fourth-order valence-electron chi connectivity index (χ4n) is 8.51. The molecule has 0 saturated carbocycles. The summed E-state index contributed by atoms with van der Waals surface area (Å²) in [6.45, 7) is 2.25. The largest absolute Gasteiger partial charge is 0.473 e. The van der Waals surface area contributed by atoms with Crippen LogP contribution < -0.4 is 31.1 Å². The molecule has 1 aliphatic heterocycles. The molecule has 1 amide bonds. The molecular weight excluding hydrogens is 914 g/mol. The third-order valence-electron chi connectivity index (χ3n) is 12.0. The van der Waals surface area contributed by atoms with E-state index in [9.17, 15) is 18.0 Å². The summed E-state index contributed by atoms with van der Waals surface area (Å²) in [5.74, 6) is -1.05. The van der Waals surface area contributed by atoms with Crippen LogP contribution in [-0.4, -0.2) is 40.8 Å². The summed E-state index contributed by atoms with van der Waals surface area (Å²) in [6.07, 6.45) is 14.7. The average molecular weight is 971 g/mol. The number of amides is 1. The minimum absolute atomic E-state index is 0.0773. The molecule has 16 heteroatoms. The van der Waals surface area contributed by atoms with Crippen LogP contribution in [0.3, 0.4) is 0 Å². The fourth-order valence-corrected chi connectivity index (χ4v) is 10.2. The molecule has 358 valence electrons. The Hall–Kier alpha value is -7.10. The van der Waals surface area contributed by atoms with Crippen LogP contribution >= 0.6 is 11.6 Å². The smallest absolute Gasteiger partial charge is 0.353 e. The number of nitrogens with zero attached hydrogens (tertiary/aromatic N) is 5. The minimum Gasteiger partial charge on any atom is -0.473 e. The van der Waals surface area contributed by atoms with Gasteiger partial charge in [0.05, 0.1) is 34.9 Å². The number of sulfonamides is 1. The first kappa shape index (κ1) is 48.4. The Balaban J connectivity index is 1.09. The molecule has 1 aliphatic rings. The third-order valence-corrected chi connectivity index (χ3v) is 14.1. The number of anilines is 3. The molecule has 0 fully saturated rings. The van der Waals surface area contributed by atoms with Crippen LogP contribution in [-0.2, 0) is 27.8 Å². The highest BCUT2D eigenvalue weighted by Gasteiger charge is 2.45. The van der Waals surface area contributed by atoms with E-state index in [1.807, 2.05) is 24.3 Å². The Morgan fingerprint density at radius 1 is 0.739 bits per heavy atom. The standard InChI is InChI=1S/C53H56ClN7O7S/c1-2-3-4-5-6-7-8-9-10-16-25-40-26-21-22-31-46(40)68-38-55-41-32-33-44(54)45(36-41)56-50(62)48(49-57-51-47(34-35-67-51)69(65,66)61(49)43-29-19-13-20-30-43)59-52(63)58(37-39-23-14-11-15-24-39)60(53(59)64)42-27-17-12-18-28-42/h11-15,17-24,26-36,48,55H,2-10,16,25,37-38H2,1H3,(H,56,62). The Morgan fingerprint density at radius 3 is 2.06 bits per heavy atom. The normalized spacial score (nSPS) is 13.4. The van der Waals surface area contributed by atoms with E-state index in [-0.39, 0.29) is 40.5 Å². The molecule has 0 radical (unpaired) electrons. The maximum Gasteiger partial charge on any atom is 0.353 e. The van der Waals surface area contributed by atoms with Gasteiger partial charge in [-0.15, -0.1) is 0 Å². The molecule has 1 unspecified atom stereocenters. The van der Waals surface area contributed by atoms with Crippen LogP contribution in [0.2, 0.25) is 5.02 Å². The number of benzene rings is 5. The van der Waals surface area contributed by atoms with Gasteiger partial charge in [0.1, 0.15) is 5.75 Å². The lowest BCUT2D eigenvalue weighted by Gasteiger charge is -2.31. The van der Waals surface area contributed by atoms with E-state index in [4.69, 9.17) is 20.8 Å². The first-order valence-corrected chi connectivity index (χ1v) is 25.3. The maximum atomic E-state index is 15.2. The number of unbranched alkanes of at least 4 members (excludes halogenated alkanes) is 9. The number of halogens is 1. The Morgan fingerprint density at radius 2 is 1.36 bits per heavy atom. The molecule has 0 bridgehead atoms. The first-order valence-electron chi connectivity index (χ1n) is 23.5. The van der Waals surface area contributed by atoms with Crippen molar-refractivity contribution >= 4 is 56.3 Å². The van der Waals surface area contributed by atoms with E-state index in [0.29, 0.717) is 21.5 Å². The molecule has 0 aliphatic carbocycles. The van der Waals surface area contributed by atoms with Crippen LogP contribution in [0, 0.1) is 0 Å². The van der Waals surface area contributed by atoms with Crippen molar-refractivity contribution in [1.82, 2.24) is 13.9 Å². The van der Waals surface area contributed by atoms with Gasteiger partial charge < -0.3 is 19.8 Å². The number of aryl methyl sites for hydroxylation is 1. The summed E-state index contributed by atoms with van der Waals surface area (Å²) in [5.41, 5.74) is 0.990. The van der Waals surface area contributed by atoms with Crippen molar-refractivity contribution in [3.63, 3.8) is 0 Å². The SMILES string of the molecule is CCCCCCCCCCCCc1ccccc1OCNc1ccc(Cl)c(NC(=O)C(C2=Nc3occc3S(=O)(=O)N2c2ccccc2)n2c(=O)n(Cc3ccccc3)n(-c3ccccc3)c2=O)c1. The number of carbonyl (C=O) groups excluding carboxylic acids is 1. The molecule has 7 aromatic rings. The summed E-state index contributed by atoms with van der Waals surface area (Å²) in [7, 11) is -4.55. The molecule has 2 aromatic heterocycles. The van der Waals surface area contributed by atoms with Crippen LogP contribution in [0.4, 0.5) is 22.9 Å². The predicted molar refractivity (Wildman–Crippen MR) is 272 cm³/mol. The number of nitrogens with one attached hydrogen (secondary N) is 2. The van der Waals surface area contributed by atoms with Gasteiger partial charge in [0, 0.05) is 5.69 Å². The number of aromatic nitrogens is 3. The van der Waals surface area contributed by atoms with Gasteiger partial charge in [0.2, 0.25) is 5.88 Å². The topological polar surface area (TPSA) is 162 Å².